The Kier molecular flexibility index (Phi) is 6.61. The van der Waals surface area contributed by atoms with Gasteiger partial charge in [-0.1, -0.05) is 13.8 Å². The van der Waals surface area contributed by atoms with E-state index in [1.165, 1.54) is 0 Å². The molecular weight excluding hydrogens is 462 g/mol. The topological polar surface area (TPSA) is 143 Å². The minimum Gasteiger partial charge on any atom is -0.377 e. The van der Waals surface area contributed by atoms with Crippen LogP contribution in [-0.4, -0.2) is 94.7 Å². The Hall–Kier alpha value is -3.54. The number of morpholine rings is 1. The summed E-state index contributed by atoms with van der Waals surface area (Å²) in [5, 5.41) is 2.71. The molecule has 36 heavy (non-hydrogen) atoms. The fraction of sp³-hybridized carbons (Fsp3) is 0.583. The smallest absolute Gasteiger partial charge is 0.242 e. The molecule has 5 rings (SSSR count). The zero-order valence-corrected chi connectivity index (χ0v) is 21.0. The minimum absolute atomic E-state index is 0.0306. The van der Waals surface area contributed by atoms with Crippen molar-refractivity contribution in [3.8, 4) is 11.3 Å². The molecule has 12 nitrogen and oxygen atoms in total. The largest absolute Gasteiger partial charge is 0.377 e. The van der Waals surface area contributed by atoms with Crippen molar-refractivity contribution in [3.63, 3.8) is 0 Å². The van der Waals surface area contributed by atoms with Gasteiger partial charge in [-0.2, -0.15) is 4.98 Å². The van der Waals surface area contributed by atoms with Gasteiger partial charge in [0.15, 0.2) is 0 Å². The number of likely N-dealkylation sites (tertiary alicyclic amines) is 1. The number of nitrogen functional groups attached to an aromatic ring is 1. The Balaban J connectivity index is 1.37. The highest BCUT2D eigenvalue weighted by molar-refractivity contribution is 5.86. The SMILES string of the molecule is CC(C)C(=O)NCC(=O)N1CC(N2CCc3c(-c4cnc(N)nc4)nc(N4CCOC[C@@H]4C)nc32)C1. The molecule has 12 heteroatoms. The molecule has 2 aromatic heterocycles. The van der Waals surface area contributed by atoms with E-state index in [9.17, 15) is 9.59 Å². The van der Waals surface area contributed by atoms with E-state index in [1.54, 1.807) is 17.3 Å². The first-order chi connectivity index (χ1) is 17.3. The Morgan fingerprint density at radius 2 is 1.92 bits per heavy atom. The summed E-state index contributed by atoms with van der Waals surface area (Å²) in [6.45, 7) is 9.71. The van der Waals surface area contributed by atoms with E-state index in [1.807, 2.05) is 13.8 Å². The lowest BCUT2D eigenvalue weighted by molar-refractivity contribution is -0.137. The van der Waals surface area contributed by atoms with Crippen molar-refractivity contribution in [1.29, 1.82) is 0 Å². The molecule has 1 atom stereocenters. The number of nitrogens with two attached hydrogens (primary N) is 1. The van der Waals surface area contributed by atoms with E-state index < -0.39 is 0 Å². The summed E-state index contributed by atoms with van der Waals surface area (Å²) in [5.74, 6) is 1.45. The lowest BCUT2D eigenvalue weighted by Gasteiger charge is -2.45. The fourth-order valence-corrected chi connectivity index (χ4v) is 4.81. The highest BCUT2D eigenvalue weighted by Crippen LogP contribution is 2.38. The molecule has 0 spiro atoms. The number of rotatable bonds is 6. The summed E-state index contributed by atoms with van der Waals surface area (Å²) in [5.41, 5.74) is 8.40. The number of carbonyl (C=O) groups is 2. The third kappa shape index (κ3) is 4.64. The number of nitrogens with zero attached hydrogens (tertiary/aromatic N) is 7. The van der Waals surface area contributed by atoms with E-state index in [0.29, 0.717) is 38.8 Å². The Morgan fingerprint density at radius 3 is 2.61 bits per heavy atom. The summed E-state index contributed by atoms with van der Waals surface area (Å²) in [6.07, 6.45) is 4.20. The van der Waals surface area contributed by atoms with E-state index in [4.69, 9.17) is 20.4 Å². The van der Waals surface area contributed by atoms with Crippen LogP contribution in [-0.2, 0) is 20.7 Å². The molecule has 2 amide bonds. The van der Waals surface area contributed by atoms with Crippen LogP contribution in [0.3, 0.4) is 0 Å². The van der Waals surface area contributed by atoms with Crippen molar-refractivity contribution in [1.82, 2.24) is 30.2 Å². The molecule has 0 saturated carbocycles. The number of amides is 2. The van der Waals surface area contributed by atoms with Crippen molar-refractivity contribution in [2.45, 2.75) is 39.3 Å². The maximum atomic E-state index is 12.5. The van der Waals surface area contributed by atoms with Gasteiger partial charge in [0.1, 0.15) is 5.82 Å². The molecule has 2 aromatic rings. The monoisotopic (exact) mass is 495 g/mol. The summed E-state index contributed by atoms with van der Waals surface area (Å²) < 4.78 is 5.62. The van der Waals surface area contributed by atoms with Crippen LogP contribution in [0.25, 0.3) is 11.3 Å². The third-order valence-corrected chi connectivity index (χ3v) is 7.01. The second-order valence-corrected chi connectivity index (χ2v) is 9.89. The normalized spacial score (nSPS) is 19.9. The quantitative estimate of drug-likeness (QED) is 0.566. The van der Waals surface area contributed by atoms with Gasteiger partial charge in [-0.25, -0.2) is 15.0 Å². The van der Waals surface area contributed by atoms with Crippen LogP contribution in [0.1, 0.15) is 26.3 Å². The molecule has 0 radical (unpaired) electrons. The van der Waals surface area contributed by atoms with Crippen LogP contribution in [0.15, 0.2) is 12.4 Å². The molecule has 2 saturated heterocycles. The lowest BCUT2D eigenvalue weighted by atomic mass is 10.1. The molecule has 3 aliphatic heterocycles. The van der Waals surface area contributed by atoms with Crippen LogP contribution in [0.2, 0.25) is 0 Å². The van der Waals surface area contributed by atoms with Gasteiger partial charge in [0.2, 0.25) is 23.7 Å². The fourth-order valence-electron chi connectivity index (χ4n) is 4.81. The second-order valence-electron chi connectivity index (χ2n) is 9.89. The molecule has 0 unspecified atom stereocenters. The van der Waals surface area contributed by atoms with E-state index in [-0.39, 0.29) is 42.3 Å². The highest BCUT2D eigenvalue weighted by atomic mass is 16.5. The van der Waals surface area contributed by atoms with Crippen LogP contribution >= 0.6 is 0 Å². The van der Waals surface area contributed by atoms with Crippen molar-refractivity contribution in [3.05, 3.63) is 18.0 Å². The van der Waals surface area contributed by atoms with Gasteiger partial charge >= 0.3 is 0 Å². The lowest BCUT2D eigenvalue weighted by Crippen LogP contribution is -2.62. The first-order valence-electron chi connectivity index (χ1n) is 12.5. The number of fused-ring (bicyclic) bond motifs is 1. The number of aromatic nitrogens is 4. The van der Waals surface area contributed by atoms with Crippen LogP contribution < -0.4 is 20.9 Å². The van der Waals surface area contributed by atoms with E-state index in [0.717, 1.165) is 35.6 Å². The van der Waals surface area contributed by atoms with Gasteiger partial charge in [0.25, 0.3) is 0 Å². The first kappa shape index (κ1) is 24.2. The highest BCUT2D eigenvalue weighted by Gasteiger charge is 2.40. The van der Waals surface area contributed by atoms with Crippen LogP contribution in [0.4, 0.5) is 17.7 Å². The Labute approximate surface area is 210 Å². The molecule has 3 N–H and O–H groups in total. The molecule has 2 fully saturated rings. The Morgan fingerprint density at radius 1 is 1.17 bits per heavy atom. The molecule has 3 aliphatic rings. The zero-order valence-electron chi connectivity index (χ0n) is 21.0. The molecule has 192 valence electrons. The average molecular weight is 496 g/mol. The molecule has 0 bridgehead atoms. The standard InChI is InChI=1S/C24H33N9O3/c1-14(2)22(35)26-10-19(34)31-11-17(12-31)33-5-4-18-20(16-8-27-23(25)28-9-16)29-24(30-21(18)33)32-6-7-36-13-15(32)3/h8-9,14-15,17H,4-7,10-13H2,1-3H3,(H,26,35)(H2,25,27,28)/t15-/m0/s1. The number of hydrogen-bond acceptors (Lipinski definition) is 10. The first-order valence-corrected chi connectivity index (χ1v) is 12.5. The number of anilines is 3. The van der Waals surface area contributed by atoms with E-state index in [2.05, 4.69) is 32.0 Å². The van der Waals surface area contributed by atoms with Crippen LogP contribution in [0, 0.1) is 5.92 Å². The maximum absolute atomic E-state index is 12.5. The van der Waals surface area contributed by atoms with Gasteiger partial charge in [0.05, 0.1) is 37.5 Å². The molecular formula is C24H33N9O3. The van der Waals surface area contributed by atoms with Gasteiger partial charge in [-0.15, -0.1) is 0 Å². The van der Waals surface area contributed by atoms with Crippen molar-refractivity contribution >= 4 is 29.5 Å². The van der Waals surface area contributed by atoms with Crippen molar-refractivity contribution in [2.75, 3.05) is 61.5 Å². The summed E-state index contributed by atoms with van der Waals surface area (Å²) in [6, 6.07) is 0.316. The third-order valence-electron chi connectivity index (χ3n) is 7.01. The molecule has 0 aromatic carbocycles. The summed E-state index contributed by atoms with van der Waals surface area (Å²) in [4.78, 5) is 48.9. The average Bonchev–Trinajstić information content (AvgIpc) is 3.25. The summed E-state index contributed by atoms with van der Waals surface area (Å²) in [7, 11) is 0. The molecule has 5 heterocycles. The zero-order chi connectivity index (χ0) is 25.4. The predicted octanol–water partition coefficient (Wildman–Crippen LogP) is 0.0864. The Bertz CT molecular complexity index is 1130. The minimum atomic E-state index is -0.147. The summed E-state index contributed by atoms with van der Waals surface area (Å²) >= 11 is 0. The van der Waals surface area contributed by atoms with Gasteiger partial charge in [-0.3, -0.25) is 9.59 Å². The predicted molar refractivity (Wildman–Crippen MR) is 134 cm³/mol. The number of nitrogens with one attached hydrogen (secondary N) is 1. The van der Waals surface area contributed by atoms with Crippen molar-refractivity contribution < 1.29 is 14.3 Å². The van der Waals surface area contributed by atoms with Crippen molar-refractivity contribution in [2.24, 2.45) is 5.92 Å². The second kappa shape index (κ2) is 9.84. The number of hydrogen-bond donors (Lipinski definition) is 2. The van der Waals surface area contributed by atoms with Crippen LogP contribution in [0.5, 0.6) is 0 Å². The van der Waals surface area contributed by atoms with Gasteiger partial charge in [-0.05, 0) is 13.3 Å². The van der Waals surface area contributed by atoms with E-state index >= 15 is 0 Å². The molecule has 0 aliphatic carbocycles. The van der Waals surface area contributed by atoms with Gasteiger partial charge < -0.3 is 30.5 Å². The van der Waals surface area contributed by atoms with Gasteiger partial charge in [0, 0.05) is 55.6 Å². The number of carbonyl (C=O) groups excluding carboxylic acids is 2. The number of ether oxygens (including phenoxy) is 1. The maximum Gasteiger partial charge on any atom is 0.242 e.